The van der Waals surface area contributed by atoms with Gasteiger partial charge >= 0.3 is 0 Å². The van der Waals surface area contributed by atoms with Crippen LogP contribution in [0.15, 0.2) is 73.1 Å². The van der Waals surface area contributed by atoms with Gasteiger partial charge in [0.05, 0.1) is 13.5 Å². The molecule has 2 aromatic carbocycles. The van der Waals surface area contributed by atoms with Crippen molar-refractivity contribution in [2.75, 3.05) is 20.2 Å². The van der Waals surface area contributed by atoms with Gasteiger partial charge in [-0.05, 0) is 78.8 Å². The summed E-state index contributed by atoms with van der Waals surface area (Å²) in [6, 6.07) is 14.9. The summed E-state index contributed by atoms with van der Waals surface area (Å²) >= 11 is 0. The Morgan fingerprint density at radius 3 is 2.24 bits per heavy atom. The second-order valence-electron chi connectivity index (χ2n) is 12.7. The third-order valence-electron chi connectivity index (χ3n) is 8.97. The number of benzene rings is 2. The topological polar surface area (TPSA) is 159 Å². The number of amides is 5. The van der Waals surface area contributed by atoms with Crippen LogP contribution in [0.2, 0.25) is 0 Å². The molecular formula is C38H48N6O6. The molecule has 3 heterocycles. The van der Waals surface area contributed by atoms with Crippen LogP contribution in [0.25, 0.3) is 0 Å². The van der Waals surface area contributed by atoms with Crippen LogP contribution in [0, 0.1) is 5.92 Å². The summed E-state index contributed by atoms with van der Waals surface area (Å²) in [5.74, 6) is -1.50. The predicted molar refractivity (Wildman–Crippen MR) is 189 cm³/mol. The summed E-state index contributed by atoms with van der Waals surface area (Å²) in [4.78, 5) is 73.1. The number of nitrogens with one attached hydrogen (secondary N) is 4. The van der Waals surface area contributed by atoms with Crippen LogP contribution in [0.5, 0.6) is 5.75 Å². The van der Waals surface area contributed by atoms with Crippen LogP contribution in [-0.4, -0.2) is 77.7 Å². The molecule has 4 N–H and O–H groups in total. The first-order valence-electron chi connectivity index (χ1n) is 17.2. The molecular weight excluding hydrogens is 636 g/mol. The van der Waals surface area contributed by atoms with Crippen molar-refractivity contribution >= 4 is 29.5 Å². The van der Waals surface area contributed by atoms with Gasteiger partial charge in [0, 0.05) is 44.0 Å². The fourth-order valence-electron chi connectivity index (χ4n) is 5.63. The number of methoxy groups -OCH3 is 1. The molecule has 0 fully saturated rings. The van der Waals surface area contributed by atoms with Crippen molar-refractivity contribution in [3.8, 4) is 5.75 Å². The molecule has 1 aromatic heterocycles. The maximum atomic E-state index is 13.8. The molecule has 1 unspecified atom stereocenters. The van der Waals surface area contributed by atoms with Gasteiger partial charge in [-0.25, -0.2) is 0 Å². The molecule has 0 spiro atoms. The van der Waals surface area contributed by atoms with Gasteiger partial charge in [-0.15, -0.1) is 0 Å². The average molecular weight is 685 g/mol. The molecule has 3 aromatic rings. The molecule has 12 heteroatoms. The number of fused-ring (bicyclic) bond motifs is 18. The smallest absolute Gasteiger partial charge is 0.251 e. The van der Waals surface area contributed by atoms with Gasteiger partial charge in [-0.3, -0.25) is 29.0 Å². The second-order valence-corrected chi connectivity index (χ2v) is 12.7. The van der Waals surface area contributed by atoms with E-state index in [0.29, 0.717) is 50.2 Å². The van der Waals surface area contributed by atoms with Gasteiger partial charge in [0.15, 0.2) is 0 Å². The quantitative estimate of drug-likeness (QED) is 0.279. The SMILES string of the molecule is CC[C@H](C)C1NC(=O)c2ccc(cc2)CN(C(=O)Cc2ccncc2)CCCCNC(=O)[C@@H](C)NC(=O)[C@H](Cc2ccc(OC)cc2)NC1=O. The van der Waals surface area contributed by atoms with E-state index in [1.165, 1.54) is 0 Å². The highest BCUT2D eigenvalue weighted by atomic mass is 16.5. The summed E-state index contributed by atoms with van der Waals surface area (Å²) in [7, 11) is 1.56. The zero-order chi connectivity index (χ0) is 36.0. The van der Waals surface area contributed by atoms with Crippen LogP contribution in [0.3, 0.4) is 0 Å². The number of rotatable bonds is 7. The number of ether oxygens (including phenoxy) is 1. The zero-order valence-electron chi connectivity index (χ0n) is 29.2. The van der Waals surface area contributed by atoms with E-state index in [4.69, 9.17) is 4.74 Å². The molecule has 266 valence electrons. The lowest BCUT2D eigenvalue weighted by molar-refractivity contribution is -0.132. The van der Waals surface area contributed by atoms with E-state index in [9.17, 15) is 24.0 Å². The number of aromatic nitrogens is 1. The van der Waals surface area contributed by atoms with E-state index in [0.717, 1.165) is 16.7 Å². The standard InChI is InChI=1S/C38H48N6O6/c1-5-25(2)34-38(49)42-32(22-27-10-14-31(50-4)15-11-27)37(48)41-26(3)35(46)40-18-6-7-21-44(33(45)23-28-16-19-39-20-17-28)24-29-8-12-30(13-9-29)36(47)43-34/h8-17,19-20,25-26,32,34H,5-7,18,21-24H2,1-4H3,(H,40,46)(H,41,48)(H,42,49)(H,43,47)/t25-,26+,32-,34?/m0/s1. The fraction of sp³-hybridized carbons (Fsp3) is 0.421. The molecule has 5 amide bonds. The Morgan fingerprint density at radius 2 is 1.58 bits per heavy atom. The molecule has 0 aliphatic carbocycles. The predicted octanol–water partition coefficient (Wildman–Crippen LogP) is 2.95. The molecule has 50 heavy (non-hydrogen) atoms. The summed E-state index contributed by atoms with van der Waals surface area (Å²) in [5, 5.41) is 11.3. The van der Waals surface area contributed by atoms with Crippen molar-refractivity contribution in [3.05, 3.63) is 95.3 Å². The Balaban J connectivity index is 1.59. The van der Waals surface area contributed by atoms with Gasteiger partial charge in [0.2, 0.25) is 23.6 Å². The van der Waals surface area contributed by atoms with Crippen LogP contribution in [0.1, 0.15) is 67.1 Å². The lowest BCUT2D eigenvalue weighted by Crippen LogP contribution is -2.58. The Labute approximate surface area is 293 Å². The number of pyridine rings is 1. The molecule has 0 radical (unpaired) electrons. The minimum atomic E-state index is -1.03. The summed E-state index contributed by atoms with van der Waals surface area (Å²) in [6.07, 6.45) is 5.51. The van der Waals surface area contributed by atoms with E-state index in [1.807, 2.05) is 26.0 Å². The minimum Gasteiger partial charge on any atom is -0.497 e. The molecule has 2 aliphatic heterocycles. The fourth-order valence-corrected chi connectivity index (χ4v) is 5.63. The highest BCUT2D eigenvalue weighted by Crippen LogP contribution is 2.16. The first-order valence-corrected chi connectivity index (χ1v) is 17.2. The van der Waals surface area contributed by atoms with Crippen LogP contribution >= 0.6 is 0 Å². The van der Waals surface area contributed by atoms with Crippen LogP contribution in [-0.2, 0) is 38.6 Å². The number of carbonyl (C=O) groups is 5. The number of hydrogen-bond donors (Lipinski definition) is 4. The molecule has 5 rings (SSSR count). The third kappa shape index (κ3) is 10.9. The molecule has 0 saturated carbocycles. The Bertz CT molecular complexity index is 1600. The maximum Gasteiger partial charge on any atom is 0.251 e. The first kappa shape index (κ1) is 37.6. The van der Waals surface area contributed by atoms with E-state index in [2.05, 4.69) is 26.3 Å². The lowest BCUT2D eigenvalue weighted by atomic mass is 9.96. The maximum absolute atomic E-state index is 13.8. The van der Waals surface area contributed by atoms with Gasteiger partial charge in [-0.1, -0.05) is 44.5 Å². The van der Waals surface area contributed by atoms with Gasteiger partial charge < -0.3 is 30.9 Å². The van der Waals surface area contributed by atoms with Crippen molar-refractivity contribution in [1.82, 2.24) is 31.2 Å². The first-order chi connectivity index (χ1) is 24.1. The largest absolute Gasteiger partial charge is 0.497 e. The van der Waals surface area contributed by atoms with E-state index >= 15 is 0 Å². The normalized spacial score (nSPS) is 20.4. The lowest BCUT2D eigenvalue weighted by Gasteiger charge is -2.27. The molecule has 12 nitrogen and oxygen atoms in total. The third-order valence-corrected chi connectivity index (χ3v) is 8.97. The Kier molecular flexibility index (Phi) is 13.9. The molecule has 0 saturated heterocycles. The second kappa shape index (κ2) is 18.5. The highest BCUT2D eigenvalue weighted by molar-refractivity contribution is 5.99. The number of nitrogens with zero attached hydrogens (tertiary/aromatic N) is 2. The average Bonchev–Trinajstić information content (AvgIpc) is 3.12. The van der Waals surface area contributed by atoms with Crippen molar-refractivity contribution < 1.29 is 28.7 Å². The Morgan fingerprint density at radius 1 is 0.880 bits per heavy atom. The van der Waals surface area contributed by atoms with Crippen molar-refractivity contribution in [3.63, 3.8) is 0 Å². The van der Waals surface area contributed by atoms with Crippen LogP contribution < -0.4 is 26.0 Å². The van der Waals surface area contributed by atoms with E-state index in [-0.39, 0.29) is 30.6 Å². The van der Waals surface area contributed by atoms with Crippen molar-refractivity contribution in [1.29, 1.82) is 0 Å². The number of hydrogen-bond acceptors (Lipinski definition) is 7. The summed E-state index contributed by atoms with van der Waals surface area (Å²) in [6.45, 7) is 6.53. The molecule has 2 aliphatic rings. The van der Waals surface area contributed by atoms with Gasteiger partial charge in [-0.2, -0.15) is 0 Å². The summed E-state index contributed by atoms with van der Waals surface area (Å²) < 4.78 is 5.25. The molecule has 2 bridgehead atoms. The van der Waals surface area contributed by atoms with Crippen LogP contribution in [0.4, 0.5) is 0 Å². The minimum absolute atomic E-state index is 0.0524. The summed E-state index contributed by atoms with van der Waals surface area (Å²) in [5.41, 5.74) is 2.83. The Hall–Kier alpha value is -5.26. The van der Waals surface area contributed by atoms with E-state index in [1.54, 1.807) is 79.9 Å². The molecule has 4 atom stereocenters. The van der Waals surface area contributed by atoms with E-state index < -0.39 is 35.8 Å². The van der Waals surface area contributed by atoms with Gasteiger partial charge in [0.1, 0.15) is 23.9 Å². The van der Waals surface area contributed by atoms with Crippen molar-refractivity contribution in [2.45, 2.75) is 77.5 Å². The van der Waals surface area contributed by atoms with Crippen molar-refractivity contribution in [2.24, 2.45) is 5.92 Å². The highest BCUT2D eigenvalue weighted by Gasteiger charge is 2.31. The van der Waals surface area contributed by atoms with Gasteiger partial charge in [0.25, 0.3) is 5.91 Å². The zero-order valence-corrected chi connectivity index (χ0v) is 29.2. The monoisotopic (exact) mass is 684 g/mol. The number of carbonyl (C=O) groups excluding carboxylic acids is 5.